The highest BCUT2D eigenvalue weighted by Gasteiger charge is 2.38. The molecular weight excluding hydrogens is 442 g/mol. The van der Waals surface area contributed by atoms with Gasteiger partial charge in [0.25, 0.3) is 0 Å². The standard InChI is InChI=1S/C28H17ClF2O2/c29-19-9-12-21(13-10-19)33-25-8-4-7-22-26(17-5-2-1-3-6-17)23(28(32)27(22)25)16-18-15-20(30)11-14-24(18)31/h1-16,26H/b23-16-/t26-/m1/s1. The third-order valence-electron chi connectivity index (χ3n) is 5.61. The van der Waals surface area contributed by atoms with E-state index in [0.29, 0.717) is 27.7 Å². The summed E-state index contributed by atoms with van der Waals surface area (Å²) in [7, 11) is 0. The van der Waals surface area contributed by atoms with E-state index >= 15 is 0 Å². The Hall–Kier alpha value is -3.76. The summed E-state index contributed by atoms with van der Waals surface area (Å²) in [6, 6.07) is 24.9. The Kier molecular flexibility index (Phi) is 5.53. The Bertz CT molecular complexity index is 1380. The number of halogens is 3. The molecule has 0 saturated carbocycles. The molecule has 2 nitrogen and oxygen atoms in total. The maximum absolute atomic E-state index is 14.4. The van der Waals surface area contributed by atoms with Crippen LogP contribution in [0.15, 0.2) is 96.6 Å². The maximum Gasteiger partial charge on any atom is 0.194 e. The summed E-state index contributed by atoms with van der Waals surface area (Å²) in [6.45, 7) is 0. The molecule has 0 fully saturated rings. The lowest BCUT2D eigenvalue weighted by Crippen LogP contribution is -2.03. The molecule has 0 N–H and O–H groups in total. The number of hydrogen-bond donors (Lipinski definition) is 0. The molecule has 0 unspecified atom stereocenters. The van der Waals surface area contributed by atoms with Gasteiger partial charge in [-0.15, -0.1) is 0 Å². The topological polar surface area (TPSA) is 26.3 Å². The molecule has 4 aromatic carbocycles. The van der Waals surface area contributed by atoms with Gasteiger partial charge in [0, 0.05) is 22.1 Å². The number of ketones is 1. The predicted molar refractivity (Wildman–Crippen MR) is 125 cm³/mol. The average Bonchev–Trinajstić information content (AvgIpc) is 3.10. The third kappa shape index (κ3) is 4.06. The first-order valence-corrected chi connectivity index (χ1v) is 10.7. The monoisotopic (exact) mass is 458 g/mol. The van der Waals surface area contributed by atoms with Crippen LogP contribution in [0.3, 0.4) is 0 Å². The van der Waals surface area contributed by atoms with Crippen molar-refractivity contribution in [1.29, 1.82) is 0 Å². The van der Waals surface area contributed by atoms with Crippen molar-refractivity contribution in [2.75, 3.05) is 0 Å². The zero-order valence-corrected chi connectivity index (χ0v) is 18.0. The van der Waals surface area contributed by atoms with Gasteiger partial charge >= 0.3 is 0 Å². The fourth-order valence-corrected chi connectivity index (χ4v) is 4.26. The molecule has 0 aromatic heterocycles. The Morgan fingerprint density at radius 1 is 0.848 bits per heavy atom. The highest BCUT2D eigenvalue weighted by molar-refractivity contribution is 6.30. The summed E-state index contributed by atoms with van der Waals surface area (Å²) in [5.74, 6) is -0.974. The largest absolute Gasteiger partial charge is 0.457 e. The van der Waals surface area contributed by atoms with Crippen molar-refractivity contribution in [2.24, 2.45) is 0 Å². The van der Waals surface area contributed by atoms with Gasteiger partial charge in [-0.05, 0) is 65.7 Å². The number of carbonyl (C=O) groups excluding carboxylic acids is 1. The number of allylic oxidation sites excluding steroid dienone is 1. The summed E-state index contributed by atoms with van der Waals surface area (Å²) in [6.07, 6.45) is 1.44. The minimum Gasteiger partial charge on any atom is -0.457 e. The van der Waals surface area contributed by atoms with Crippen molar-refractivity contribution in [3.05, 3.63) is 135 Å². The van der Waals surface area contributed by atoms with Crippen LogP contribution < -0.4 is 4.74 Å². The number of fused-ring (bicyclic) bond motifs is 1. The zero-order valence-electron chi connectivity index (χ0n) is 17.3. The molecule has 5 rings (SSSR count). The Balaban J connectivity index is 1.67. The molecule has 1 atom stereocenters. The van der Waals surface area contributed by atoms with Crippen molar-refractivity contribution < 1.29 is 18.3 Å². The van der Waals surface area contributed by atoms with Crippen molar-refractivity contribution >= 4 is 23.5 Å². The fraction of sp³-hybridized carbons (Fsp3) is 0.0357. The number of Topliss-reactive ketones (excluding diaryl/α,β-unsaturated/α-hetero) is 1. The van der Waals surface area contributed by atoms with Gasteiger partial charge in [0.2, 0.25) is 0 Å². The number of hydrogen-bond acceptors (Lipinski definition) is 2. The molecule has 1 aliphatic carbocycles. The van der Waals surface area contributed by atoms with Crippen molar-refractivity contribution in [2.45, 2.75) is 5.92 Å². The highest BCUT2D eigenvalue weighted by Crippen LogP contribution is 2.47. The molecule has 5 heteroatoms. The van der Waals surface area contributed by atoms with E-state index < -0.39 is 17.6 Å². The van der Waals surface area contributed by atoms with Crippen LogP contribution in [0.25, 0.3) is 6.08 Å². The van der Waals surface area contributed by atoms with E-state index in [4.69, 9.17) is 16.3 Å². The first-order chi connectivity index (χ1) is 16.0. The SMILES string of the molecule is O=C1/C(=C\c2cc(F)ccc2F)[C@H](c2ccccc2)c2cccc(Oc3ccc(Cl)cc3)c21. The number of rotatable bonds is 4. The molecule has 0 amide bonds. The molecule has 0 spiro atoms. The third-order valence-corrected chi connectivity index (χ3v) is 5.87. The fourth-order valence-electron chi connectivity index (χ4n) is 4.14. The average molecular weight is 459 g/mol. The van der Waals surface area contributed by atoms with Crippen LogP contribution in [-0.2, 0) is 0 Å². The van der Waals surface area contributed by atoms with E-state index in [-0.39, 0.29) is 11.3 Å². The Morgan fingerprint density at radius 3 is 2.36 bits per heavy atom. The molecule has 162 valence electrons. The molecule has 0 aliphatic heterocycles. The summed E-state index contributed by atoms with van der Waals surface area (Å²) in [5.41, 5.74) is 2.40. The molecule has 0 heterocycles. The van der Waals surface area contributed by atoms with Crippen LogP contribution in [0.4, 0.5) is 8.78 Å². The second kappa shape index (κ2) is 8.64. The van der Waals surface area contributed by atoms with Crippen LogP contribution in [0.5, 0.6) is 11.5 Å². The van der Waals surface area contributed by atoms with Crippen LogP contribution >= 0.6 is 11.6 Å². The van der Waals surface area contributed by atoms with Crippen LogP contribution in [0.2, 0.25) is 5.02 Å². The maximum atomic E-state index is 14.4. The molecule has 33 heavy (non-hydrogen) atoms. The first-order valence-electron chi connectivity index (χ1n) is 10.3. The van der Waals surface area contributed by atoms with Gasteiger partial charge < -0.3 is 4.74 Å². The van der Waals surface area contributed by atoms with E-state index in [1.165, 1.54) is 6.08 Å². The molecule has 0 saturated heterocycles. The highest BCUT2D eigenvalue weighted by atomic mass is 35.5. The van der Waals surface area contributed by atoms with Gasteiger partial charge in [0.1, 0.15) is 23.1 Å². The van der Waals surface area contributed by atoms with Crippen molar-refractivity contribution in [1.82, 2.24) is 0 Å². The normalized spacial score (nSPS) is 16.2. The van der Waals surface area contributed by atoms with E-state index in [0.717, 1.165) is 29.3 Å². The molecule has 0 radical (unpaired) electrons. The van der Waals surface area contributed by atoms with Crippen LogP contribution in [0.1, 0.15) is 33.0 Å². The van der Waals surface area contributed by atoms with E-state index in [9.17, 15) is 13.6 Å². The smallest absolute Gasteiger partial charge is 0.194 e. The lowest BCUT2D eigenvalue weighted by Gasteiger charge is -2.14. The molecule has 4 aromatic rings. The lowest BCUT2D eigenvalue weighted by atomic mass is 9.89. The summed E-state index contributed by atoms with van der Waals surface area (Å²) >= 11 is 5.96. The number of benzene rings is 4. The van der Waals surface area contributed by atoms with Crippen molar-refractivity contribution in [3.63, 3.8) is 0 Å². The van der Waals surface area contributed by atoms with Gasteiger partial charge in [-0.2, -0.15) is 0 Å². The minimum atomic E-state index is -0.600. The van der Waals surface area contributed by atoms with Gasteiger partial charge in [0.05, 0.1) is 5.56 Å². The zero-order chi connectivity index (χ0) is 22.9. The summed E-state index contributed by atoms with van der Waals surface area (Å²) in [5, 5.41) is 0.572. The van der Waals surface area contributed by atoms with Crippen LogP contribution in [-0.4, -0.2) is 5.78 Å². The van der Waals surface area contributed by atoms with Gasteiger partial charge in [0.15, 0.2) is 5.78 Å². The summed E-state index contributed by atoms with van der Waals surface area (Å²) in [4.78, 5) is 13.7. The van der Waals surface area contributed by atoms with Gasteiger partial charge in [-0.25, -0.2) is 8.78 Å². The molecule has 1 aliphatic rings. The van der Waals surface area contributed by atoms with E-state index in [2.05, 4.69) is 0 Å². The lowest BCUT2D eigenvalue weighted by molar-refractivity contribution is 0.103. The van der Waals surface area contributed by atoms with Crippen LogP contribution in [0, 0.1) is 11.6 Å². The Labute approximate surface area is 194 Å². The predicted octanol–water partition coefficient (Wildman–Crippen LogP) is 7.82. The quantitative estimate of drug-likeness (QED) is 0.291. The van der Waals surface area contributed by atoms with Gasteiger partial charge in [-0.3, -0.25) is 4.79 Å². The minimum absolute atomic E-state index is 0.0206. The second-order valence-corrected chi connectivity index (χ2v) is 8.15. The van der Waals surface area contributed by atoms with Crippen molar-refractivity contribution in [3.8, 4) is 11.5 Å². The summed E-state index contributed by atoms with van der Waals surface area (Å²) < 4.78 is 34.3. The number of ether oxygens (including phenoxy) is 1. The first kappa shape index (κ1) is 21.1. The van der Waals surface area contributed by atoms with E-state index in [1.807, 2.05) is 42.5 Å². The molecule has 0 bridgehead atoms. The second-order valence-electron chi connectivity index (χ2n) is 7.71. The Morgan fingerprint density at radius 2 is 1.61 bits per heavy atom. The number of carbonyl (C=O) groups is 1. The van der Waals surface area contributed by atoms with Gasteiger partial charge in [-0.1, -0.05) is 54.1 Å². The molecular formula is C28H17ClF2O2. The van der Waals surface area contributed by atoms with E-state index in [1.54, 1.807) is 30.3 Å².